The third kappa shape index (κ3) is 3.16. The van der Waals surface area contributed by atoms with Gasteiger partial charge in [0.25, 0.3) is 0 Å². The van der Waals surface area contributed by atoms with Gasteiger partial charge in [0.15, 0.2) is 9.84 Å². The third-order valence-electron chi connectivity index (χ3n) is 3.63. The van der Waals surface area contributed by atoms with Crippen LogP contribution in [0.2, 0.25) is 0 Å². The number of benzene rings is 1. The van der Waals surface area contributed by atoms with Crippen LogP contribution < -0.4 is 4.90 Å². The monoisotopic (exact) mass is 297 g/mol. The van der Waals surface area contributed by atoms with Crippen LogP contribution in [-0.2, 0) is 9.84 Å². The van der Waals surface area contributed by atoms with E-state index in [1.54, 1.807) is 6.07 Å². The zero-order chi connectivity index (χ0) is 14.8. The van der Waals surface area contributed by atoms with Crippen LogP contribution in [-0.4, -0.2) is 52.3 Å². The highest BCUT2D eigenvalue weighted by atomic mass is 32.2. The average molecular weight is 297 g/mol. The summed E-state index contributed by atoms with van der Waals surface area (Å²) >= 11 is 0. The predicted octanol–water partition coefficient (Wildman–Crippen LogP) is 1.63. The first-order valence-electron chi connectivity index (χ1n) is 6.60. The molecule has 0 saturated carbocycles. The number of hydrogen-bond donors (Lipinski definition) is 0. The van der Waals surface area contributed by atoms with E-state index in [9.17, 15) is 13.3 Å². The molecule has 0 amide bonds. The highest BCUT2D eigenvalue weighted by molar-refractivity contribution is 7.90. The maximum absolute atomic E-state index is 11.5. The number of anilines is 1. The number of sulfone groups is 1. The van der Waals surface area contributed by atoms with E-state index >= 15 is 0 Å². The Morgan fingerprint density at radius 2 is 1.85 bits per heavy atom. The van der Waals surface area contributed by atoms with E-state index in [1.807, 2.05) is 0 Å². The lowest BCUT2D eigenvalue weighted by Crippen LogP contribution is -2.46. The molecule has 7 heteroatoms. The van der Waals surface area contributed by atoms with Gasteiger partial charge < -0.3 is 9.80 Å². The lowest BCUT2D eigenvalue weighted by atomic mass is 10.2. The molecular formula is C13H19N3O3S. The van der Waals surface area contributed by atoms with Gasteiger partial charge in [-0.3, -0.25) is 0 Å². The minimum Gasteiger partial charge on any atom is -0.367 e. The molecule has 1 aliphatic rings. The number of hydrogen-bond acceptors (Lipinski definition) is 6. The van der Waals surface area contributed by atoms with Crippen molar-refractivity contribution in [2.24, 2.45) is 5.18 Å². The quantitative estimate of drug-likeness (QED) is 0.790. The molecule has 1 aromatic carbocycles. The average Bonchev–Trinajstić information content (AvgIpc) is 2.45. The zero-order valence-corrected chi connectivity index (χ0v) is 12.6. The Morgan fingerprint density at radius 3 is 2.35 bits per heavy atom. The van der Waals surface area contributed by atoms with E-state index in [-0.39, 0.29) is 10.6 Å². The van der Waals surface area contributed by atoms with Gasteiger partial charge in [-0.15, -0.1) is 4.91 Å². The van der Waals surface area contributed by atoms with Gasteiger partial charge in [0, 0.05) is 32.4 Å². The highest BCUT2D eigenvalue weighted by Gasteiger charge is 2.20. The van der Waals surface area contributed by atoms with Crippen LogP contribution in [0, 0.1) is 4.91 Å². The highest BCUT2D eigenvalue weighted by Crippen LogP contribution is 2.31. The van der Waals surface area contributed by atoms with Crippen molar-refractivity contribution in [1.29, 1.82) is 0 Å². The Kier molecular flexibility index (Phi) is 4.39. The zero-order valence-electron chi connectivity index (χ0n) is 11.7. The molecule has 1 fully saturated rings. The van der Waals surface area contributed by atoms with Crippen molar-refractivity contribution in [2.75, 3.05) is 43.9 Å². The predicted molar refractivity (Wildman–Crippen MR) is 79.3 cm³/mol. The van der Waals surface area contributed by atoms with E-state index in [4.69, 9.17) is 0 Å². The molecule has 0 aromatic heterocycles. The SMILES string of the molecule is CCN1CCN(c2ccc(S(C)(=O)=O)cc2N=O)CC1. The Balaban J connectivity index is 2.27. The van der Waals surface area contributed by atoms with Crippen molar-refractivity contribution in [2.45, 2.75) is 11.8 Å². The van der Waals surface area contributed by atoms with Crippen molar-refractivity contribution >= 4 is 21.2 Å². The molecule has 1 aromatic rings. The van der Waals surface area contributed by atoms with Gasteiger partial charge in [-0.2, -0.15) is 0 Å². The summed E-state index contributed by atoms with van der Waals surface area (Å²) in [7, 11) is -3.32. The Hall–Kier alpha value is -1.47. The first kappa shape index (κ1) is 14.9. The molecule has 0 bridgehead atoms. The number of piperazine rings is 1. The number of likely N-dealkylation sites (N-methyl/N-ethyl adjacent to an activating group) is 1. The molecule has 0 aliphatic carbocycles. The molecule has 0 N–H and O–H groups in total. The topological polar surface area (TPSA) is 70.1 Å². The first-order valence-corrected chi connectivity index (χ1v) is 8.49. The molecule has 0 radical (unpaired) electrons. The summed E-state index contributed by atoms with van der Waals surface area (Å²) in [5, 5.41) is 2.99. The Morgan fingerprint density at radius 1 is 1.20 bits per heavy atom. The van der Waals surface area contributed by atoms with E-state index in [2.05, 4.69) is 21.9 Å². The van der Waals surface area contributed by atoms with Gasteiger partial charge in [0.1, 0.15) is 5.69 Å². The summed E-state index contributed by atoms with van der Waals surface area (Å²) in [4.78, 5) is 15.5. The van der Waals surface area contributed by atoms with Gasteiger partial charge >= 0.3 is 0 Å². The van der Waals surface area contributed by atoms with E-state index < -0.39 is 9.84 Å². The van der Waals surface area contributed by atoms with Gasteiger partial charge in [0.05, 0.1) is 10.6 Å². The number of rotatable bonds is 4. The lowest BCUT2D eigenvalue weighted by molar-refractivity contribution is 0.271. The largest absolute Gasteiger partial charge is 0.367 e. The van der Waals surface area contributed by atoms with Gasteiger partial charge in [-0.05, 0) is 29.9 Å². The second-order valence-corrected chi connectivity index (χ2v) is 6.95. The van der Waals surface area contributed by atoms with Crippen LogP contribution in [0.3, 0.4) is 0 Å². The summed E-state index contributed by atoms with van der Waals surface area (Å²) in [5.74, 6) is 0. The molecule has 0 unspecified atom stereocenters. The molecular weight excluding hydrogens is 278 g/mol. The fraction of sp³-hybridized carbons (Fsp3) is 0.538. The standard InChI is InChI=1S/C13H19N3O3S/c1-3-15-6-8-16(9-7-15)13-5-4-11(20(2,18)19)10-12(13)14-17/h4-5,10H,3,6-9H2,1-2H3. The van der Waals surface area contributed by atoms with Crippen molar-refractivity contribution < 1.29 is 8.42 Å². The van der Waals surface area contributed by atoms with E-state index in [0.29, 0.717) is 5.69 Å². The van der Waals surface area contributed by atoms with Gasteiger partial charge in [-0.1, -0.05) is 6.92 Å². The summed E-state index contributed by atoms with van der Waals surface area (Å²) in [6.45, 7) is 6.63. The molecule has 2 rings (SSSR count). The van der Waals surface area contributed by atoms with E-state index in [0.717, 1.165) is 39.0 Å². The summed E-state index contributed by atoms with van der Waals surface area (Å²) < 4.78 is 23.0. The third-order valence-corrected chi connectivity index (χ3v) is 4.74. The second kappa shape index (κ2) is 5.88. The summed E-state index contributed by atoms with van der Waals surface area (Å²) in [6, 6.07) is 4.56. The minimum atomic E-state index is -3.32. The lowest BCUT2D eigenvalue weighted by Gasteiger charge is -2.35. The summed E-state index contributed by atoms with van der Waals surface area (Å²) in [5.41, 5.74) is 0.904. The van der Waals surface area contributed by atoms with Crippen molar-refractivity contribution in [3.63, 3.8) is 0 Å². The molecule has 0 spiro atoms. The van der Waals surface area contributed by atoms with E-state index in [1.165, 1.54) is 12.1 Å². The van der Waals surface area contributed by atoms with Gasteiger partial charge in [-0.25, -0.2) is 8.42 Å². The van der Waals surface area contributed by atoms with Crippen LogP contribution in [0.25, 0.3) is 0 Å². The van der Waals surface area contributed by atoms with Crippen LogP contribution >= 0.6 is 0 Å². The summed E-state index contributed by atoms with van der Waals surface area (Å²) in [6.07, 6.45) is 1.12. The number of nitroso groups, excluding NO2 is 1. The fourth-order valence-corrected chi connectivity index (χ4v) is 3.02. The second-order valence-electron chi connectivity index (χ2n) is 4.94. The van der Waals surface area contributed by atoms with Crippen molar-refractivity contribution in [3.05, 3.63) is 23.1 Å². The van der Waals surface area contributed by atoms with Crippen LogP contribution in [0.1, 0.15) is 6.92 Å². The van der Waals surface area contributed by atoms with Crippen molar-refractivity contribution in [3.8, 4) is 0 Å². The molecule has 110 valence electrons. The number of nitrogens with zero attached hydrogens (tertiary/aromatic N) is 3. The molecule has 1 heterocycles. The van der Waals surface area contributed by atoms with Crippen LogP contribution in [0.15, 0.2) is 28.3 Å². The molecule has 6 nitrogen and oxygen atoms in total. The smallest absolute Gasteiger partial charge is 0.175 e. The Labute approximate surface area is 119 Å². The van der Waals surface area contributed by atoms with Crippen molar-refractivity contribution in [1.82, 2.24) is 4.90 Å². The Bertz CT molecular complexity index is 593. The van der Waals surface area contributed by atoms with Crippen LogP contribution in [0.4, 0.5) is 11.4 Å². The minimum absolute atomic E-state index is 0.128. The van der Waals surface area contributed by atoms with Crippen LogP contribution in [0.5, 0.6) is 0 Å². The van der Waals surface area contributed by atoms with Gasteiger partial charge in [0.2, 0.25) is 0 Å². The molecule has 0 atom stereocenters. The molecule has 1 saturated heterocycles. The maximum atomic E-state index is 11.5. The normalized spacial score (nSPS) is 17.2. The molecule has 20 heavy (non-hydrogen) atoms. The molecule has 1 aliphatic heterocycles. The fourth-order valence-electron chi connectivity index (χ4n) is 2.38. The maximum Gasteiger partial charge on any atom is 0.175 e. The first-order chi connectivity index (χ1) is 9.45.